The number of hydrogen-bond donors (Lipinski definition) is 1. The molecule has 2 rings (SSSR count). The molecule has 0 saturated carbocycles. The summed E-state index contributed by atoms with van der Waals surface area (Å²) in [5, 5.41) is 10.1. The Labute approximate surface area is 132 Å². The number of carbonyl (C=O) groups excluding carboxylic acids is 1. The molecule has 1 aromatic heterocycles. The van der Waals surface area contributed by atoms with Gasteiger partial charge >= 0.3 is 0 Å². The number of amides is 1. The first-order valence-corrected chi connectivity index (χ1v) is 7.13. The molecule has 1 N–H and O–H groups in total. The van der Waals surface area contributed by atoms with Gasteiger partial charge in [-0.15, -0.1) is 0 Å². The van der Waals surface area contributed by atoms with E-state index in [0.717, 1.165) is 5.56 Å². The van der Waals surface area contributed by atoms with Crippen LogP contribution in [0.5, 0.6) is 5.75 Å². The second-order valence-corrected chi connectivity index (χ2v) is 5.28. The van der Waals surface area contributed by atoms with E-state index in [2.05, 4.69) is 4.98 Å². The van der Waals surface area contributed by atoms with Gasteiger partial charge in [-0.25, -0.2) is 4.98 Å². The van der Waals surface area contributed by atoms with Gasteiger partial charge in [0.25, 0.3) is 5.91 Å². The Balaban J connectivity index is 2.48. The van der Waals surface area contributed by atoms with Crippen molar-refractivity contribution in [3.05, 3.63) is 51.8 Å². The third-order valence-corrected chi connectivity index (χ3v) is 3.57. The van der Waals surface area contributed by atoms with Crippen molar-refractivity contribution in [2.45, 2.75) is 13.8 Å². The fourth-order valence-electron chi connectivity index (χ4n) is 2.01. The van der Waals surface area contributed by atoms with E-state index in [1.54, 1.807) is 12.1 Å². The van der Waals surface area contributed by atoms with Crippen molar-refractivity contribution >= 4 is 34.8 Å². The number of phenolic OH excluding ortho intramolecular Hbond substituents is 1. The van der Waals surface area contributed by atoms with Gasteiger partial charge in [0.05, 0.1) is 10.7 Å². The normalized spacial score (nSPS) is 10.5. The molecule has 0 fully saturated rings. The largest absolute Gasteiger partial charge is 0.508 e. The molecule has 4 nitrogen and oxygen atoms in total. The lowest BCUT2D eigenvalue weighted by Gasteiger charge is -2.23. The smallest absolute Gasteiger partial charge is 0.278 e. The second-order valence-electron chi connectivity index (χ2n) is 4.48. The number of phenols is 1. The maximum Gasteiger partial charge on any atom is 0.278 e. The zero-order valence-corrected chi connectivity index (χ0v) is 13.1. The summed E-state index contributed by atoms with van der Waals surface area (Å²) in [6, 6.07) is 7.91. The highest BCUT2D eigenvalue weighted by molar-refractivity contribution is 6.35. The van der Waals surface area contributed by atoms with Gasteiger partial charge in [0, 0.05) is 12.6 Å². The van der Waals surface area contributed by atoms with E-state index in [9.17, 15) is 9.90 Å². The topological polar surface area (TPSA) is 53.4 Å². The first-order valence-electron chi connectivity index (χ1n) is 6.37. The van der Waals surface area contributed by atoms with Gasteiger partial charge < -0.3 is 10.0 Å². The lowest BCUT2D eigenvalue weighted by Crippen LogP contribution is -2.32. The van der Waals surface area contributed by atoms with E-state index in [1.165, 1.54) is 23.1 Å². The van der Waals surface area contributed by atoms with Gasteiger partial charge in [-0.2, -0.15) is 0 Å². The molecule has 0 atom stereocenters. The zero-order chi connectivity index (χ0) is 15.6. The Kier molecular flexibility index (Phi) is 4.70. The van der Waals surface area contributed by atoms with Crippen LogP contribution in [0, 0.1) is 6.92 Å². The van der Waals surface area contributed by atoms with Crippen LogP contribution in [0.3, 0.4) is 0 Å². The molecule has 0 bridgehead atoms. The predicted molar refractivity (Wildman–Crippen MR) is 84.5 cm³/mol. The molecule has 0 aliphatic carbocycles. The maximum absolute atomic E-state index is 12.7. The Morgan fingerprint density at radius 2 is 2.00 bits per heavy atom. The predicted octanol–water partition coefficient (Wildman–Crippen LogP) is 4.07. The summed E-state index contributed by atoms with van der Waals surface area (Å²) in [6.45, 7) is 4.10. The highest BCUT2D eigenvalue weighted by Crippen LogP contribution is 2.27. The summed E-state index contributed by atoms with van der Waals surface area (Å²) in [5.74, 6) is -0.272. The number of aromatic hydroxyl groups is 1. The molecular formula is C15H14Cl2N2O2. The SMILES string of the molecule is CCN(C(=O)c1nc(Cl)ccc1Cl)c1cc(O)ccc1C. The number of benzene rings is 1. The molecule has 0 unspecified atom stereocenters. The minimum absolute atomic E-state index is 0.0898. The zero-order valence-electron chi connectivity index (χ0n) is 11.6. The first kappa shape index (κ1) is 15.6. The van der Waals surface area contributed by atoms with Crippen LogP contribution in [0.4, 0.5) is 5.69 Å². The number of halogens is 2. The lowest BCUT2D eigenvalue weighted by molar-refractivity contribution is 0.0983. The quantitative estimate of drug-likeness (QED) is 0.866. The van der Waals surface area contributed by atoms with Crippen LogP contribution < -0.4 is 4.90 Å². The van der Waals surface area contributed by atoms with Crippen LogP contribution in [-0.2, 0) is 0 Å². The summed E-state index contributed by atoms with van der Waals surface area (Å²) >= 11 is 11.9. The van der Waals surface area contributed by atoms with Gasteiger partial charge in [-0.1, -0.05) is 29.3 Å². The summed E-state index contributed by atoms with van der Waals surface area (Å²) in [6.07, 6.45) is 0. The molecule has 21 heavy (non-hydrogen) atoms. The number of anilines is 1. The van der Waals surface area contributed by atoms with Crippen molar-refractivity contribution in [2.24, 2.45) is 0 Å². The number of hydrogen-bond acceptors (Lipinski definition) is 3. The van der Waals surface area contributed by atoms with Crippen LogP contribution in [0.15, 0.2) is 30.3 Å². The molecule has 1 amide bonds. The number of aryl methyl sites for hydroxylation is 1. The fourth-order valence-corrected chi connectivity index (χ4v) is 2.34. The maximum atomic E-state index is 12.7. The van der Waals surface area contributed by atoms with Gasteiger partial charge in [-0.3, -0.25) is 4.79 Å². The summed E-state index contributed by atoms with van der Waals surface area (Å²) < 4.78 is 0. The van der Waals surface area contributed by atoms with E-state index in [1.807, 2.05) is 13.8 Å². The number of carbonyl (C=O) groups is 1. The average molecular weight is 325 g/mol. The van der Waals surface area contributed by atoms with Crippen molar-refractivity contribution < 1.29 is 9.90 Å². The molecule has 0 spiro atoms. The molecule has 2 aromatic rings. The highest BCUT2D eigenvalue weighted by Gasteiger charge is 2.22. The van der Waals surface area contributed by atoms with Crippen LogP contribution in [0.1, 0.15) is 23.0 Å². The standard InChI is InChI=1S/C15H14Cl2N2O2/c1-3-19(12-8-10(20)5-4-9(12)2)15(21)14-11(16)6-7-13(17)18-14/h4-8,20H,3H2,1-2H3. The third kappa shape index (κ3) is 3.28. The molecule has 1 heterocycles. The third-order valence-electron chi connectivity index (χ3n) is 3.06. The monoisotopic (exact) mass is 324 g/mol. The van der Waals surface area contributed by atoms with Gasteiger partial charge in [0.2, 0.25) is 0 Å². The van der Waals surface area contributed by atoms with Crippen molar-refractivity contribution in [1.29, 1.82) is 0 Å². The summed E-state index contributed by atoms with van der Waals surface area (Å²) in [4.78, 5) is 18.2. The molecule has 0 saturated heterocycles. The minimum atomic E-state index is -0.362. The van der Waals surface area contributed by atoms with E-state index in [4.69, 9.17) is 23.2 Å². The molecule has 110 valence electrons. The number of rotatable bonds is 3. The van der Waals surface area contributed by atoms with Gasteiger partial charge in [-0.05, 0) is 37.6 Å². The Bertz CT molecular complexity index is 689. The highest BCUT2D eigenvalue weighted by atomic mass is 35.5. The summed E-state index contributed by atoms with van der Waals surface area (Å²) in [7, 11) is 0. The van der Waals surface area contributed by atoms with E-state index in [-0.39, 0.29) is 27.5 Å². The van der Waals surface area contributed by atoms with E-state index >= 15 is 0 Å². The van der Waals surface area contributed by atoms with E-state index < -0.39 is 0 Å². The Hall–Kier alpha value is -1.78. The van der Waals surface area contributed by atoms with Gasteiger partial charge in [0.1, 0.15) is 16.6 Å². The molecular weight excluding hydrogens is 311 g/mol. The minimum Gasteiger partial charge on any atom is -0.508 e. The average Bonchev–Trinajstić information content (AvgIpc) is 2.46. The first-order chi connectivity index (χ1) is 9.93. The molecule has 6 heteroatoms. The summed E-state index contributed by atoms with van der Waals surface area (Å²) in [5.41, 5.74) is 1.57. The Morgan fingerprint density at radius 1 is 1.29 bits per heavy atom. The van der Waals surface area contributed by atoms with Crippen LogP contribution >= 0.6 is 23.2 Å². The van der Waals surface area contributed by atoms with E-state index in [0.29, 0.717) is 12.2 Å². The molecule has 0 aliphatic heterocycles. The van der Waals surface area contributed by atoms with Crippen LogP contribution in [-0.4, -0.2) is 22.5 Å². The number of aromatic nitrogens is 1. The van der Waals surface area contributed by atoms with Crippen molar-refractivity contribution in [1.82, 2.24) is 4.98 Å². The van der Waals surface area contributed by atoms with Crippen LogP contribution in [0.2, 0.25) is 10.2 Å². The van der Waals surface area contributed by atoms with Crippen molar-refractivity contribution in [3.8, 4) is 5.75 Å². The number of pyridine rings is 1. The second kappa shape index (κ2) is 6.33. The number of nitrogens with zero attached hydrogens (tertiary/aromatic N) is 2. The van der Waals surface area contributed by atoms with Crippen molar-refractivity contribution in [3.63, 3.8) is 0 Å². The molecule has 1 aromatic carbocycles. The Morgan fingerprint density at radius 3 is 2.67 bits per heavy atom. The van der Waals surface area contributed by atoms with Crippen molar-refractivity contribution in [2.75, 3.05) is 11.4 Å². The van der Waals surface area contributed by atoms with Gasteiger partial charge in [0.15, 0.2) is 0 Å². The molecule has 0 radical (unpaired) electrons. The molecule has 0 aliphatic rings. The van der Waals surface area contributed by atoms with Crippen LogP contribution in [0.25, 0.3) is 0 Å². The fraction of sp³-hybridized carbons (Fsp3) is 0.200. The lowest BCUT2D eigenvalue weighted by atomic mass is 10.1.